The lowest BCUT2D eigenvalue weighted by atomic mass is 9.93. The summed E-state index contributed by atoms with van der Waals surface area (Å²) in [5.74, 6) is -1.32. The molecule has 2 amide bonds. The highest BCUT2D eigenvalue weighted by molar-refractivity contribution is 6.31. The molecule has 0 radical (unpaired) electrons. The number of amides is 2. The summed E-state index contributed by atoms with van der Waals surface area (Å²) in [6, 6.07) is 10.2. The number of carboxylic acid groups (broad SMARTS) is 1. The van der Waals surface area contributed by atoms with E-state index in [2.05, 4.69) is 0 Å². The highest BCUT2D eigenvalue weighted by atomic mass is 35.5. The van der Waals surface area contributed by atoms with Gasteiger partial charge in [0, 0.05) is 54.7 Å². The highest BCUT2D eigenvalue weighted by Gasteiger charge is 2.32. The number of hydrogen-bond donors (Lipinski definition) is 2. The van der Waals surface area contributed by atoms with Crippen LogP contribution in [0, 0.1) is 11.3 Å². The number of carboxylic acids is 1. The van der Waals surface area contributed by atoms with E-state index in [4.69, 9.17) is 21.1 Å². The van der Waals surface area contributed by atoms with Crippen LogP contribution in [-0.4, -0.2) is 66.8 Å². The van der Waals surface area contributed by atoms with E-state index < -0.39 is 18.0 Å². The van der Waals surface area contributed by atoms with Crippen molar-refractivity contribution in [2.45, 2.75) is 52.6 Å². The smallest absolute Gasteiger partial charge is 0.308 e. The van der Waals surface area contributed by atoms with E-state index in [-0.39, 0.29) is 43.2 Å². The van der Waals surface area contributed by atoms with Crippen molar-refractivity contribution in [2.75, 3.05) is 38.8 Å². The average Bonchev–Trinajstić information content (AvgIpc) is 2.93. The van der Waals surface area contributed by atoms with Crippen LogP contribution in [0.2, 0.25) is 5.02 Å². The topological polar surface area (TPSA) is 117 Å². The van der Waals surface area contributed by atoms with Crippen molar-refractivity contribution in [3.8, 4) is 11.5 Å². The number of para-hydroxylation sites is 1. The van der Waals surface area contributed by atoms with Crippen molar-refractivity contribution in [3.05, 3.63) is 52.5 Å². The van der Waals surface area contributed by atoms with Crippen molar-refractivity contribution >= 4 is 35.1 Å². The SMILES string of the molecule is COc1ccccc1[C@@H](O)c1cc(Cl)cc(OC)c1N(CC(C)(C)C)C(=O)CCC(=O)N1CCC[C@H](C(=O)O)C1. The second-order valence-electron chi connectivity index (χ2n) is 11.2. The summed E-state index contributed by atoms with van der Waals surface area (Å²) in [6.07, 6.45) is -0.216. The van der Waals surface area contributed by atoms with Gasteiger partial charge in [0.2, 0.25) is 11.8 Å². The molecule has 1 aliphatic heterocycles. The van der Waals surface area contributed by atoms with Crippen molar-refractivity contribution in [1.82, 2.24) is 4.90 Å². The van der Waals surface area contributed by atoms with Crippen molar-refractivity contribution in [3.63, 3.8) is 0 Å². The number of aliphatic hydroxyl groups is 1. The minimum absolute atomic E-state index is 0.0634. The van der Waals surface area contributed by atoms with Crippen LogP contribution >= 0.6 is 11.6 Å². The van der Waals surface area contributed by atoms with Gasteiger partial charge in [0.05, 0.1) is 25.8 Å². The number of nitrogens with zero attached hydrogens (tertiary/aromatic N) is 2. The van der Waals surface area contributed by atoms with Crippen LogP contribution in [0.15, 0.2) is 36.4 Å². The first-order valence-electron chi connectivity index (χ1n) is 13.4. The third kappa shape index (κ3) is 7.67. The molecule has 1 aliphatic rings. The van der Waals surface area contributed by atoms with Gasteiger partial charge in [0.1, 0.15) is 17.6 Å². The molecule has 0 aromatic heterocycles. The summed E-state index contributed by atoms with van der Waals surface area (Å²) in [4.78, 5) is 41.3. The van der Waals surface area contributed by atoms with Gasteiger partial charge in [0.15, 0.2) is 0 Å². The molecule has 1 heterocycles. The molecule has 10 heteroatoms. The van der Waals surface area contributed by atoms with E-state index in [1.165, 1.54) is 19.1 Å². The molecule has 218 valence electrons. The first-order chi connectivity index (χ1) is 18.9. The normalized spacial score (nSPS) is 16.3. The van der Waals surface area contributed by atoms with E-state index in [1.807, 2.05) is 20.8 Å². The van der Waals surface area contributed by atoms with Gasteiger partial charge in [-0.05, 0) is 30.4 Å². The Balaban J connectivity index is 1.98. The molecule has 2 aromatic rings. The van der Waals surface area contributed by atoms with Gasteiger partial charge in [-0.1, -0.05) is 50.6 Å². The number of ether oxygens (including phenoxy) is 2. The molecular weight excluding hydrogens is 536 g/mol. The third-order valence-electron chi connectivity index (χ3n) is 6.90. The predicted octanol–water partition coefficient (Wildman–Crippen LogP) is 4.92. The van der Waals surface area contributed by atoms with E-state index >= 15 is 0 Å². The summed E-state index contributed by atoms with van der Waals surface area (Å²) < 4.78 is 11.1. The number of hydrogen-bond acceptors (Lipinski definition) is 6. The summed E-state index contributed by atoms with van der Waals surface area (Å²) in [6.45, 7) is 6.84. The lowest BCUT2D eigenvalue weighted by molar-refractivity contribution is -0.146. The third-order valence-corrected chi connectivity index (χ3v) is 7.11. The maximum absolute atomic E-state index is 13.8. The summed E-state index contributed by atoms with van der Waals surface area (Å²) in [5.41, 5.74) is 0.866. The monoisotopic (exact) mass is 574 g/mol. The molecular formula is C30H39ClN2O7. The zero-order valence-corrected chi connectivity index (χ0v) is 24.5. The molecule has 3 rings (SSSR count). The van der Waals surface area contributed by atoms with Gasteiger partial charge < -0.3 is 29.5 Å². The highest BCUT2D eigenvalue weighted by Crippen LogP contribution is 2.43. The Kier molecular flexibility index (Phi) is 10.4. The molecule has 2 atom stereocenters. The number of methoxy groups -OCH3 is 2. The largest absolute Gasteiger partial charge is 0.496 e. The van der Waals surface area contributed by atoms with Gasteiger partial charge >= 0.3 is 5.97 Å². The average molecular weight is 575 g/mol. The zero-order valence-electron chi connectivity index (χ0n) is 23.8. The van der Waals surface area contributed by atoms with Crippen LogP contribution in [0.5, 0.6) is 11.5 Å². The lowest BCUT2D eigenvalue weighted by Gasteiger charge is -2.34. The van der Waals surface area contributed by atoms with Crippen molar-refractivity contribution in [1.29, 1.82) is 0 Å². The maximum Gasteiger partial charge on any atom is 0.308 e. The number of carbonyl (C=O) groups excluding carboxylic acids is 2. The van der Waals surface area contributed by atoms with E-state index in [1.54, 1.807) is 41.3 Å². The van der Waals surface area contributed by atoms with Gasteiger partial charge in [-0.3, -0.25) is 14.4 Å². The number of aliphatic carboxylic acids is 1. The van der Waals surface area contributed by atoms with Crippen LogP contribution < -0.4 is 14.4 Å². The lowest BCUT2D eigenvalue weighted by Crippen LogP contribution is -2.43. The number of rotatable bonds is 10. The number of halogens is 1. The number of benzene rings is 2. The molecule has 0 aliphatic carbocycles. The Bertz CT molecular complexity index is 1230. The standard InChI is InChI=1S/C30H39ClN2O7/c1-30(2,3)18-33(26(35)13-12-25(34)32-14-8-9-19(17-32)29(37)38)27-22(15-20(31)16-24(27)40-5)28(36)21-10-6-7-11-23(21)39-4/h6-7,10-11,15-16,19,28,36H,8-9,12-14,17-18H2,1-5H3,(H,37,38)/t19-,28+/m0/s1. The van der Waals surface area contributed by atoms with Crippen LogP contribution in [0.3, 0.4) is 0 Å². The van der Waals surface area contributed by atoms with Gasteiger partial charge in [-0.25, -0.2) is 0 Å². The van der Waals surface area contributed by atoms with Gasteiger partial charge in [-0.15, -0.1) is 0 Å². The fourth-order valence-corrected chi connectivity index (χ4v) is 5.20. The molecule has 0 bridgehead atoms. The quantitative estimate of drug-likeness (QED) is 0.413. The van der Waals surface area contributed by atoms with E-state index in [0.717, 1.165) is 0 Å². The molecule has 0 saturated carbocycles. The Morgan fingerprint density at radius 1 is 1.07 bits per heavy atom. The van der Waals surface area contributed by atoms with Gasteiger partial charge in [-0.2, -0.15) is 0 Å². The minimum atomic E-state index is -1.20. The Morgan fingerprint density at radius 3 is 2.38 bits per heavy atom. The Hall–Kier alpha value is -3.30. The number of anilines is 1. The van der Waals surface area contributed by atoms with Crippen LogP contribution in [0.4, 0.5) is 5.69 Å². The Labute approximate surface area is 240 Å². The molecule has 1 saturated heterocycles. The van der Waals surface area contributed by atoms with Gasteiger partial charge in [0.25, 0.3) is 0 Å². The van der Waals surface area contributed by atoms with Crippen LogP contribution in [0.1, 0.15) is 63.7 Å². The fourth-order valence-electron chi connectivity index (χ4n) is 4.99. The second-order valence-corrected chi connectivity index (χ2v) is 11.7. The number of likely N-dealkylation sites (tertiary alicyclic amines) is 1. The van der Waals surface area contributed by atoms with E-state index in [0.29, 0.717) is 52.7 Å². The molecule has 2 aromatic carbocycles. The molecule has 0 spiro atoms. The zero-order chi connectivity index (χ0) is 29.6. The minimum Gasteiger partial charge on any atom is -0.496 e. The number of carbonyl (C=O) groups is 3. The molecule has 2 N–H and O–H groups in total. The molecule has 9 nitrogen and oxygen atoms in total. The second kappa shape index (κ2) is 13.4. The number of aliphatic hydroxyl groups excluding tert-OH is 1. The van der Waals surface area contributed by atoms with Crippen LogP contribution in [0.25, 0.3) is 0 Å². The molecule has 1 fully saturated rings. The summed E-state index contributed by atoms with van der Waals surface area (Å²) in [5, 5.41) is 21.3. The van der Waals surface area contributed by atoms with E-state index in [9.17, 15) is 24.6 Å². The Morgan fingerprint density at radius 2 is 1.75 bits per heavy atom. The fraction of sp³-hybridized carbons (Fsp3) is 0.500. The first-order valence-corrected chi connectivity index (χ1v) is 13.7. The summed E-state index contributed by atoms with van der Waals surface area (Å²) in [7, 11) is 2.98. The number of piperidine rings is 1. The molecule has 40 heavy (non-hydrogen) atoms. The van der Waals surface area contributed by atoms with Crippen molar-refractivity contribution < 1.29 is 34.1 Å². The van der Waals surface area contributed by atoms with Crippen molar-refractivity contribution in [2.24, 2.45) is 11.3 Å². The predicted molar refractivity (Wildman–Crippen MR) is 153 cm³/mol. The summed E-state index contributed by atoms with van der Waals surface area (Å²) >= 11 is 6.43. The maximum atomic E-state index is 13.8. The molecule has 0 unspecified atom stereocenters. The van der Waals surface area contributed by atoms with Crippen LogP contribution in [-0.2, 0) is 14.4 Å². The first kappa shape index (κ1) is 31.2.